The summed E-state index contributed by atoms with van der Waals surface area (Å²) in [6.07, 6.45) is 3.55. The first-order valence-corrected chi connectivity index (χ1v) is 6.78. The number of benzene rings is 1. The topological polar surface area (TPSA) is 17.1 Å². The van der Waals surface area contributed by atoms with E-state index in [4.69, 9.17) is 34.8 Å². The molecule has 1 rings (SSSR count). The second-order valence-electron chi connectivity index (χ2n) is 4.15. The molecule has 0 bridgehead atoms. The van der Waals surface area contributed by atoms with E-state index in [0.717, 1.165) is 31.2 Å². The monoisotopic (exact) mass is 292 g/mol. The molecule has 0 aliphatic carbocycles. The van der Waals surface area contributed by atoms with Crippen molar-refractivity contribution in [2.75, 3.05) is 0 Å². The Kier molecular flexibility index (Phi) is 6.32. The molecular weight excluding hydrogens is 279 g/mol. The van der Waals surface area contributed by atoms with Gasteiger partial charge < -0.3 is 0 Å². The average Bonchev–Trinajstić information content (AvgIpc) is 2.27. The van der Waals surface area contributed by atoms with Gasteiger partial charge in [-0.2, -0.15) is 0 Å². The molecule has 0 fully saturated rings. The van der Waals surface area contributed by atoms with Crippen molar-refractivity contribution >= 4 is 40.0 Å². The van der Waals surface area contributed by atoms with Crippen LogP contribution in [0, 0.1) is 5.92 Å². The zero-order chi connectivity index (χ0) is 12.8. The first-order chi connectivity index (χ1) is 8.02. The summed E-state index contributed by atoms with van der Waals surface area (Å²) in [4.78, 5) is 10.8. The first-order valence-electron chi connectivity index (χ1n) is 5.64. The first kappa shape index (κ1) is 14.8. The minimum absolute atomic E-state index is 0.0709. The maximum absolute atomic E-state index is 10.8. The molecule has 0 aliphatic rings. The van der Waals surface area contributed by atoms with Crippen LogP contribution in [0.5, 0.6) is 0 Å². The minimum Gasteiger partial charge on any atom is -0.281 e. The van der Waals surface area contributed by atoms with Gasteiger partial charge in [-0.3, -0.25) is 4.79 Å². The van der Waals surface area contributed by atoms with E-state index in [1.54, 1.807) is 0 Å². The van der Waals surface area contributed by atoms with E-state index in [1.165, 1.54) is 0 Å². The standard InChI is InChI=1S/C13H15Cl3O/c1-9(13(16)17)5-2-3-6-10-11(14)7-4-8-12(10)15/h4,7-9H,2-3,5-6H2,1H3. The van der Waals surface area contributed by atoms with Crippen molar-refractivity contribution in [1.82, 2.24) is 0 Å². The third kappa shape index (κ3) is 4.87. The van der Waals surface area contributed by atoms with Crippen molar-refractivity contribution in [3.05, 3.63) is 33.8 Å². The highest BCUT2D eigenvalue weighted by Gasteiger charge is 2.10. The lowest BCUT2D eigenvalue weighted by molar-refractivity contribution is -0.114. The molecule has 1 nitrogen and oxygen atoms in total. The molecule has 0 N–H and O–H groups in total. The van der Waals surface area contributed by atoms with Crippen LogP contribution in [0.15, 0.2) is 18.2 Å². The van der Waals surface area contributed by atoms with Crippen LogP contribution >= 0.6 is 34.8 Å². The van der Waals surface area contributed by atoms with Crippen LogP contribution in [-0.4, -0.2) is 5.24 Å². The van der Waals surface area contributed by atoms with Gasteiger partial charge in [0.25, 0.3) is 0 Å². The lowest BCUT2D eigenvalue weighted by Gasteiger charge is -2.08. The SMILES string of the molecule is CC(CCCCc1c(Cl)cccc1Cl)C(=O)Cl. The summed E-state index contributed by atoms with van der Waals surface area (Å²) in [5.41, 5.74) is 0.987. The average molecular weight is 294 g/mol. The van der Waals surface area contributed by atoms with Gasteiger partial charge in [-0.15, -0.1) is 0 Å². The molecule has 1 atom stereocenters. The van der Waals surface area contributed by atoms with Gasteiger partial charge in [0.15, 0.2) is 0 Å². The quantitative estimate of drug-likeness (QED) is 0.526. The molecule has 94 valence electrons. The largest absolute Gasteiger partial charge is 0.281 e. The highest BCUT2D eigenvalue weighted by molar-refractivity contribution is 6.63. The maximum atomic E-state index is 10.8. The Hall–Kier alpha value is -0.240. The van der Waals surface area contributed by atoms with Crippen LogP contribution in [0.2, 0.25) is 10.0 Å². The van der Waals surface area contributed by atoms with E-state index in [2.05, 4.69) is 0 Å². The minimum atomic E-state index is -0.263. The predicted molar refractivity (Wildman–Crippen MR) is 74.0 cm³/mol. The van der Waals surface area contributed by atoms with Crippen LogP contribution in [0.3, 0.4) is 0 Å². The summed E-state index contributed by atoms with van der Waals surface area (Å²) in [5, 5.41) is 1.15. The smallest absolute Gasteiger partial charge is 0.224 e. The summed E-state index contributed by atoms with van der Waals surface area (Å²) in [6.45, 7) is 1.85. The van der Waals surface area contributed by atoms with Gasteiger partial charge in [0.05, 0.1) is 0 Å². The molecule has 0 aliphatic heterocycles. The number of carbonyl (C=O) groups excluding carboxylic acids is 1. The highest BCUT2D eigenvalue weighted by Crippen LogP contribution is 2.26. The summed E-state index contributed by atoms with van der Waals surface area (Å²) in [5.74, 6) is -0.0709. The molecule has 1 aromatic rings. The van der Waals surface area contributed by atoms with Crippen LogP contribution in [0.4, 0.5) is 0 Å². The van der Waals surface area contributed by atoms with Crippen molar-refractivity contribution in [2.45, 2.75) is 32.6 Å². The molecule has 0 saturated heterocycles. The third-order valence-electron chi connectivity index (χ3n) is 2.76. The highest BCUT2D eigenvalue weighted by atomic mass is 35.5. The number of unbranched alkanes of at least 4 members (excludes halogenated alkanes) is 1. The number of halogens is 3. The van der Waals surface area contributed by atoms with Gasteiger partial charge >= 0.3 is 0 Å². The van der Waals surface area contributed by atoms with Crippen molar-refractivity contribution in [3.8, 4) is 0 Å². The Labute approximate surface area is 117 Å². The fourth-order valence-corrected chi connectivity index (χ4v) is 2.33. The van der Waals surface area contributed by atoms with Gasteiger partial charge in [-0.1, -0.05) is 42.6 Å². The van der Waals surface area contributed by atoms with Gasteiger partial charge in [0.1, 0.15) is 0 Å². The molecule has 17 heavy (non-hydrogen) atoms. The summed E-state index contributed by atoms with van der Waals surface area (Å²) in [6, 6.07) is 5.52. The Bertz CT molecular complexity index is 370. The Morgan fingerprint density at radius 2 is 1.82 bits per heavy atom. The molecular formula is C13H15Cl3O. The van der Waals surface area contributed by atoms with Gasteiger partial charge in [0.2, 0.25) is 5.24 Å². The molecule has 1 aromatic carbocycles. The molecule has 0 amide bonds. The van der Waals surface area contributed by atoms with Crippen LogP contribution in [-0.2, 0) is 11.2 Å². The van der Waals surface area contributed by atoms with E-state index >= 15 is 0 Å². The normalized spacial score (nSPS) is 12.5. The van der Waals surface area contributed by atoms with E-state index < -0.39 is 0 Å². The van der Waals surface area contributed by atoms with Crippen LogP contribution in [0.25, 0.3) is 0 Å². The second-order valence-corrected chi connectivity index (χ2v) is 5.34. The number of carbonyl (C=O) groups is 1. The van der Waals surface area contributed by atoms with Crippen molar-refractivity contribution in [2.24, 2.45) is 5.92 Å². The molecule has 0 radical (unpaired) electrons. The number of hydrogen-bond donors (Lipinski definition) is 0. The zero-order valence-corrected chi connectivity index (χ0v) is 11.9. The molecule has 0 saturated carbocycles. The maximum Gasteiger partial charge on any atom is 0.224 e. The molecule has 4 heteroatoms. The van der Waals surface area contributed by atoms with Gasteiger partial charge in [-0.25, -0.2) is 0 Å². The van der Waals surface area contributed by atoms with Crippen LogP contribution < -0.4 is 0 Å². The van der Waals surface area contributed by atoms with Crippen molar-refractivity contribution in [3.63, 3.8) is 0 Å². The molecule has 0 heterocycles. The fraction of sp³-hybridized carbons (Fsp3) is 0.462. The third-order valence-corrected chi connectivity index (χ3v) is 3.84. The fourth-order valence-electron chi connectivity index (χ4n) is 1.64. The van der Waals surface area contributed by atoms with Gasteiger partial charge in [-0.05, 0) is 48.6 Å². The number of hydrogen-bond acceptors (Lipinski definition) is 1. The lowest BCUT2D eigenvalue weighted by Crippen LogP contribution is -2.03. The van der Waals surface area contributed by atoms with E-state index in [1.807, 2.05) is 25.1 Å². The van der Waals surface area contributed by atoms with Gasteiger partial charge in [0, 0.05) is 16.0 Å². The van der Waals surface area contributed by atoms with Crippen molar-refractivity contribution in [1.29, 1.82) is 0 Å². The predicted octanol–water partition coefficient (Wildman–Crippen LogP) is 5.11. The lowest BCUT2D eigenvalue weighted by atomic mass is 10.0. The summed E-state index contributed by atoms with van der Waals surface area (Å²) >= 11 is 17.5. The molecule has 1 unspecified atom stereocenters. The van der Waals surface area contributed by atoms with E-state index in [-0.39, 0.29) is 11.2 Å². The van der Waals surface area contributed by atoms with Crippen LogP contribution in [0.1, 0.15) is 31.7 Å². The zero-order valence-electron chi connectivity index (χ0n) is 9.68. The summed E-state index contributed by atoms with van der Waals surface area (Å²) < 4.78 is 0. The number of rotatable bonds is 6. The molecule has 0 spiro atoms. The van der Waals surface area contributed by atoms with E-state index in [9.17, 15) is 4.79 Å². The Balaban J connectivity index is 2.39. The summed E-state index contributed by atoms with van der Waals surface area (Å²) in [7, 11) is 0. The molecule has 0 aromatic heterocycles. The van der Waals surface area contributed by atoms with Crippen molar-refractivity contribution < 1.29 is 4.79 Å². The Morgan fingerprint density at radius 3 is 2.35 bits per heavy atom. The Morgan fingerprint density at radius 1 is 1.24 bits per heavy atom. The second kappa shape index (κ2) is 7.25. The van der Waals surface area contributed by atoms with E-state index in [0.29, 0.717) is 10.0 Å².